The molecule has 0 atom stereocenters. The van der Waals surface area contributed by atoms with Crippen molar-refractivity contribution in [1.29, 1.82) is 0 Å². The minimum atomic E-state index is -0.465. The molecule has 0 fully saturated rings. The number of aromatic nitrogens is 3. The van der Waals surface area contributed by atoms with E-state index in [1.807, 2.05) is 18.7 Å². The van der Waals surface area contributed by atoms with Crippen molar-refractivity contribution in [2.75, 3.05) is 23.7 Å². The molecule has 20 heavy (non-hydrogen) atoms. The van der Waals surface area contributed by atoms with Crippen LogP contribution in [0.2, 0.25) is 0 Å². The van der Waals surface area contributed by atoms with Crippen LogP contribution < -0.4 is 10.6 Å². The maximum atomic E-state index is 11.1. The number of para-hydroxylation sites is 2. The summed E-state index contributed by atoms with van der Waals surface area (Å²) in [6.07, 6.45) is 0. The summed E-state index contributed by atoms with van der Waals surface area (Å²) >= 11 is 0. The number of nitrogens with zero attached hydrogens (tertiary/aromatic N) is 5. The Hall–Kier alpha value is -2.64. The number of nitro benzene ring substituents is 1. The Morgan fingerprint density at radius 1 is 1.35 bits per heavy atom. The molecule has 1 aromatic carbocycles. The van der Waals surface area contributed by atoms with E-state index < -0.39 is 4.92 Å². The topological polar surface area (TPSA) is 103 Å². The van der Waals surface area contributed by atoms with Gasteiger partial charge in [0.15, 0.2) is 0 Å². The Morgan fingerprint density at radius 2 is 2.00 bits per heavy atom. The summed E-state index contributed by atoms with van der Waals surface area (Å²) in [6, 6.07) is 6.29. The molecule has 0 aliphatic carbocycles. The maximum Gasteiger partial charge on any atom is 0.295 e. The summed E-state index contributed by atoms with van der Waals surface area (Å²) < 4.78 is 1.30. The molecule has 0 aliphatic rings. The van der Waals surface area contributed by atoms with Gasteiger partial charge in [0.1, 0.15) is 5.69 Å². The number of nitro groups is 1. The fraction of sp³-hybridized carbons (Fsp3) is 0.333. The molecule has 2 rings (SSSR count). The van der Waals surface area contributed by atoms with Crippen LogP contribution in [0.25, 0.3) is 5.69 Å². The summed E-state index contributed by atoms with van der Waals surface area (Å²) in [4.78, 5) is 16.7. The zero-order chi connectivity index (χ0) is 14.7. The second-order valence-corrected chi connectivity index (χ2v) is 4.10. The molecular formula is C12H16N6O2. The molecule has 0 bridgehead atoms. The van der Waals surface area contributed by atoms with Crippen molar-refractivity contribution >= 4 is 17.6 Å². The summed E-state index contributed by atoms with van der Waals surface area (Å²) in [7, 11) is 0. The summed E-state index contributed by atoms with van der Waals surface area (Å²) in [5, 5.41) is 15.3. The molecule has 2 N–H and O–H groups in total. The molecule has 1 heterocycles. The van der Waals surface area contributed by atoms with Crippen LogP contribution in [0, 0.1) is 10.1 Å². The van der Waals surface area contributed by atoms with Gasteiger partial charge >= 0.3 is 0 Å². The van der Waals surface area contributed by atoms with Crippen LogP contribution in [0.3, 0.4) is 0 Å². The molecule has 0 saturated carbocycles. The van der Waals surface area contributed by atoms with Gasteiger partial charge < -0.3 is 10.6 Å². The molecule has 8 nitrogen and oxygen atoms in total. The lowest BCUT2D eigenvalue weighted by Crippen LogP contribution is -2.23. The zero-order valence-electron chi connectivity index (χ0n) is 11.4. The predicted octanol–water partition coefficient (Wildman–Crippen LogP) is 1.60. The highest BCUT2D eigenvalue weighted by molar-refractivity contribution is 5.55. The van der Waals surface area contributed by atoms with Crippen molar-refractivity contribution in [2.24, 2.45) is 0 Å². The highest BCUT2D eigenvalue weighted by Gasteiger charge is 2.19. The van der Waals surface area contributed by atoms with Gasteiger partial charge in [-0.1, -0.05) is 12.1 Å². The summed E-state index contributed by atoms with van der Waals surface area (Å²) in [5.74, 6) is 0.590. The molecule has 0 amide bonds. The Bertz CT molecular complexity index is 620. The summed E-state index contributed by atoms with van der Waals surface area (Å²) in [6.45, 7) is 5.42. The van der Waals surface area contributed by atoms with Crippen molar-refractivity contribution in [1.82, 2.24) is 14.8 Å². The number of hydrogen-bond acceptors (Lipinski definition) is 6. The average molecular weight is 276 g/mol. The minimum Gasteiger partial charge on any atom is -0.368 e. The predicted molar refractivity (Wildman–Crippen MR) is 76.0 cm³/mol. The zero-order valence-corrected chi connectivity index (χ0v) is 11.4. The van der Waals surface area contributed by atoms with E-state index in [-0.39, 0.29) is 11.6 Å². The first kappa shape index (κ1) is 13.8. The van der Waals surface area contributed by atoms with E-state index >= 15 is 0 Å². The lowest BCUT2D eigenvalue weighted by atomic mass is 10.3. The normalized spacial score (nSPS) is 10.5. The van der Waals surface area contributed by atoms with Crippen molar-refractivity contribution in [3.63, 3.8) is 0 Å². The third-order valence-corrected chi connectivity index (χ3v) is 2.97. The first-order chi connectivity index (χ1) is 9.58. The van der Waals surface area contributed by atoms with E-state index in [2.05, 4.69) is 10.1 Å². The SMILES string of the molecule is CCN(CC)c1nc(N)n(-c2ccccc2[N+](=O)[O-])n1. The van der Waals surface area contributed by atoms with Crippen LogP contribution in [-0.2, 0) is 0 Å². The van der Waals surface area contributed by atoms with Crippen LogP contribution >= 0.6 is 0 Å². The van der Waals surface area contributed by atoms with Gasteiger partial charge in [-0.15, -0.1) is 5.10 Å². The molecular weight excluding hydrogens is 260 g/mol. The number of anilines is 2. The first-order valence-corrected chi connectivity index (χ1v) is 6.29. The number of hydrogen-bond donors (Lipinski definition) is 1. The van der Waals surface area contributed by atoms with Crippen LogP contribution in [0.5, 0.6) is 0 Å². The standard InChI is InChI=1S/C12H16N6O2/c1-3-16(4-2)12-14-11(13)17(15-12)9-7-5-6-8-10(9)18(19)20/h5-8H,3-4H2,1-2H3,(H2,13,14,15). The van der Waals surface area contributed by atoms with E-state index in [9.17, 15) is 10.1 Å². The van der Waals surface area contributed by atoms with E-state index in [1.165, 1.54) is 10.7 Å². The summed E-state index contributed by atoms with van der Waals surface area (Å²) in [5.41, 5.74) is 6.08. The van der Waals surface area contributed by atoms with E-state index in [0.717, 1.165) is 13.1 Å². The molecule has 0 saturated heterocycles. The Kier molecular flexibility index (Phi) is 3.83. The number of benzene rings is 1. The Balaban J connectivity index is 2.51. The second kappa shape index (κ2) is 5.55. The third-order valence-electron chi connectivity index (χ3n) is 2.97. The molecule has 0 aliphatic heterocycles. The van der Waals surface area contributed by atoms with Crippen LogP contribution in [0.15, 0.2) is 24.3 Å². The van der Waals surface area contributed by atoms with Crippen LogP contribution in [0.1, 0.15) is 13.8 Å². The molecule has 0 radical (unpaired) electrons. The number of rotatable bonds is 5. The molecule has 2 aromatic rings. The van der Waals surface area contributed by atoms with Crippen LogP contribution in [0.4, 0.5) is 17.6 Å². The van der Waals surface area contributed by atoms with Gasteiger partial charge in [0.2, 0.25) is 11.9 Å². The van der Waals surface area contributed by atoms with Gasteiger partial charge in [-0.25, -0.2) is 0 Å². The highest BCUT2D eigenvalue weighted by atomic mass is 16.6. The van der Waals surface area contributed by atoms with Gasteiger partial charge in [-0.3, -0.25) is 10.1 Å². The fourth-order valence-corrected chi connectivity index (χ4v) is 1.93. The van der Waals surface area contributed by atoms with Gasteiger partial charge in [0.05, 0.1) is 4.92 Å². The maximum absolute atomic E-state index is 11.1. The van der Waals surface area contributed by atoms with Crippen molar-refractivity contribution < 1.29 is 4.92 Å². The molecule has 106 valence electrons. The second-order valence-electron chi connectivity index (χ2n) is 4.10. The van der Waals surface area contributed by atoms with Gasteiger partial charge in [0, 0.05) is 19.2 Å². The third kappa shape index (κ3) is 2.40. The average Bonchev–Trinajstić information content (AvgIpc) is 2.82. The van der Waals surface area contributed by atoms with Crippen molar-refractivity contribution in [3.05, 3.63) is 34.4 Å². The number of nitrogen functional groups attached to an aromatic ring is 1. The fourth-order valence-electron chi connectivity index (χ4n) is 1.93. The van der Waals surface area contributed by atoms with Gasteiger partial charge in [-0.05, 0) is 19.9 Å². The number of nitrogens with two attached hydrogens (primary N) is 1. The van der Waals surface area contributed by atoms with E-state index in [0.29, 0.717) is 11.6 Å². The van der Waals surface area contributed by atoms with Crippen molar-refractivity contribution in [2.45, 2.75) is 13.8 Å². The monoisotopic (exact) mass is 276 g/mol. The largest absolute Gasteiger partial charge is 0.368 e. The Labute approximate surface area is 116 Å². The highest BCUT2D eigenvalue weighted by Crippen LogP contribution is 2.24. The molecule has 0 spiro atoms. The quantitative estimate of drug-likeness (QED) is 0.657. The van der Waals surface area contributed by atoms with E-state index in [1.54, 1.807) is 18.2 Å². The van der Waals surface area contributed by atoms with Crippen LogP contribution in [-0.4, -0.2) is 32.8 Å². The minimum absolute atomic E-state index is 0.0600. The van der Waals surface area contributed by atoms with Gasteiger partial charge in [0.25, 0.3) is 5.69 Å². The molecule has 8 heteroatoms. The molecule has 1 aromatic heterocycles. The Morgan fingerprint density at radius 3 is 2.60 bits per heavy atom. The van der Waals surface area contributed by atoms with Crippen molar-refractivity contribution in [3.8, 4) is 5.69 Å². The first-order valence-electron chi connectivity index (χ1n) is 6.29. The van der Waals surface area contributed by atoms with E-state index in [4.69, 9.17) is 5.73 Å². The van der Waals surface area contributed by atoms with Gasteiger partial charge in [-0.2, -0.15) is 9.67 Å². The smallest absolute Gasteiger partial charge is 0.295 e. The molecule has 0 unspecified atom stereocenters. The lowest BCUT2D eigenvalue weighted by molar-refractivity contribution is -0.384. The lowest BCUT2D eigenvalue weighted by Gasteiger charge is -2.15.